The summed E-state index contributed by atoms with van der Waals surface area (Å²) in [4.78, 5) is 35.2. The van der Waals surface area contributed by atoms with Crippen LogP contribution in [0, 0.1) is 10.1 Å². The van der Waals surface area contributed by atoms with Crippen LogP contribution in [0.15, 0.2) is 36.4 Å². The molecule has 0 saturated carbocycles. The number of anilines is 2. The molecule has 0 radical (unpaired) electrons. The Kier molecular flexibility index (Phi) is 4.44. The molecule has 9 nitrogen and oxygen atoms in total. The summed E-state index contributed by atoms with van der Waals surface area (Å²) in [7, 11) is 1.31. The fraction of sp³-hybridized carbons (Fsp3) is 0.222. The van der Waals surface area contributed by atoms with Crippen LogP contribution in [0.25, 0.3) is 0 Å². The minimum Gasteiger partial charge on any atom is -0.490 e. The number of nitrogens with one attached hydrogen (secondary N) is 2. The number of rotatable bonds is 4. The van der Waals surface area contributed by atoms with Crippen molar-refractivity contribution in [1.29, 1.82) is 0 Å². The van der Waals surface area contributed by atoms with Gasteiger partial charge in [0.15, 0.2) is 11.4 Å². The van der Waals surface area contributed by atoms with E-state index in [0.717, 1.165) is 6.07 Å². The highest BCUT2D eigenvalue weighted by atomic mass is 16.6. The maximum absolute atomic E-state index is 12.6. The van der Waals surface area contributed by atoms with Crippen LogP contribution in [0.3, 0.4) is 0 Å². The van der Waals surface area contributed by atoms with Gasteiger partial charge in [-0.05, 0) is 38.1 Å². The topological polar surface area (TPSA) is 120 Å². The first-order valence-electron chi connectivity index (χ1n) is 8.00. The lowest BCUT2D eigenvalue weighted by atomic mass is 10.1. The van der Waals surface area contributed by atoms with E-state index in [4.69, 9.17) is 9.47 Å². The molecule has 0 fully saturated rings. The van der Waals surface area contributed by atoms with Gasteiger partial charge in [-0.3, -0.25) is 19.7 Å². The Morgan fingerprint density at radius 2 is 2.04 bits per heavy atom. The van der Waals surface area contributed by atoms with E-state index >= 15 is 0 Å². The number of hydrogen-bond acceptors (Lipinski definition) is 6. The number of nitro groups is 1. The molecule has 140 valence electrons. The minimum atomic E-state index is -1.04. The zero-order valence-electron chi connectivity index (χ0n) is 14.9. The van der Waals surface area contributed by atoms with Crippen molar-refractivity contribution in [2.75, 3.05) is 17.7 Å². The lowest BCUT2D eigenvalue weighted by Gasteiger charge is -2.32. The third-order valence-corrected chi connectivity index (χ3v) is 4.06. The number of amides is 2. The molecular formula is C18H17N3O6. The molecular weight excluding hydrogens is 354 g/mol. The maximum Gasteiger partial charge on any atom is 0.311 e. The van der Waals surface area contributed by atoms with E-state index in [-0.39, 0.29) is 22.9 Å². The predicted octanol–water partition coefficient (Wildman–Crippen LogP) is 2.97. The number of fused-ring (bicyclic) bond motifs is 1. The Hall–Kier alpha value is -3.62. The first-order valence-corrected chi connectivity index (χ1v) is 8.00. The Bertz CT molecular complexity index is 954. The fourth-order valence-corrected chi connectivity index (χ4v) is 2.60. The van der Waals surface area contributed by atoms with Crippen molar-refractivity contribution < 1.29 is 24.0 Å². The van der Waals surface area contributed by atoms with Crippen molar-refractivity contribution in [1.82, 2.24) is 0 Å². The lowest BCUT2D eigenvalue weighted by Crippen LogP contribution is -2.45. The highest BCUT2D eigenvalue weighted by Crippen LogP contribution is 2.39. The summed E-state index contributed by atoms with van der Waals surface area (Å²) in [6.45, 7) is 3.26. The normalized spacial score (nSPS) is 14.4. The Morgan fingerprint density at radius 3 is 2.70 bits per heavy atom. The van der Waals surface area contributed by atoms with Crippen molar-refractivity contribution in [3.8, 4) is 11.5 Å². The van der Waals surface area contributed by atoms with E-state index < -0.39 is 16.4 Å². The van der Waals surface area contributed by atoms with E-state index in [9.17, 15) is 19.7 Å². The molecule has 2 amide bonds. The molecule has 2 aromatic rings. The molecule has 0 aromatic heterocycles. The predicted molar refractivity (Wildman–Crippen MR) is 97.4 cm³/mol. The van der Waals surface area contributed by atoms with Crippen LogP contribution >= 0.6 is 0 Å². The first kappa shape index (κ1) is 18.2. The number of ether oxygens (including phenoxy) is 2. The van der Waals surface area contributed by atoms with Crippen LogP contribution in [0.2, 0.25) is 0 Å². The number of benzene rings is 2. The molecule has 2 N–H and O–H groups in total. The molecule has 0 aliphatic carbocycles. The van der Waals surface area contributed by atoms with Gasteiger partial charge >= 0.3 is 5.69 Å². The van der Waals surface area contributed by atoms with E-state index in [1.54, 1.807) is 32.0 Å². The summed E-state index contributed by atoms with van der Waals surface area (Å²) in [6.07, 6.45) is 0. The largest absolute Gasteiger partial charge is 0.490 e. The van der Waals surface area contributed by atoms with Crippen molar-refractivity contribution >= 4 is 28.9 Å². The summed E-state index contributed by atoms with van der Waals surface area (Å²) in [5.41, 5.74) is -0.633. The van der Waals surface area contributed by atoms with Gasteiger partial charge in [0, 0.05) is 11.6 Å². The molecule has 1 aliphatic rings. The quantitative estimate of drug-likeness (QED) is 0.630. The lowest BCUT2D eigenvalue weighted by molar-refractivity contribution is -0.385. The summed E-state index contributed by atoms with van der Waals surface area (Å²) >= 11 is 0. The number of carbonyl (C=O) groups excluding carboxylic acids is 2. The maximum atomic E-state index is 12.6. The summed E-state index contributed by atoms with van der Waals surface area (Å²) in [5.74, 6) is -0.459. The van der Waals surface area contributed by atoms with Crippen LogP contribution in [0.1, 0.15) is 24.2 Å². The molecule has 0 bridgehead atoms. The number of nitro benzene ring substituents is 1. The number of nitrogens with zero attached hydrogens (tertiary/aromatic N) is 1. The second-order valence-corrected chi connectivity index (χ2v) is 6.34. The average Bonchev–Trinajstić information content (AvgIpc) is 2.62. The van der Waals surface area contributed by atoms with Crippen LogP contribution in [0.5, 0.6) is 11.5 Å². The minimum absolute atomic E-state index is 0.0523. The van der Waals surface area contributed by atoms with Crippen LogP contribution in [-0.4, -0.2) is 29.4 Å². The Labute approximate surface area is 154 Å². The zero-order valence-corrected chi connectivity index (χ0v) is 14.9. The number of hydrogen-bond donors (Lipinski definition) is 2. The molecule has 0 atom stereocenters. The molecule has 27 heavy (non-hydrogen) atoms. The van der Waals surface area contributed by atoms with E-state index in [0.29, 0.717) is 17.1 Å². The standard InChI is InChI=1S/C18H17N3O6/c1-18(2)17(23)20-15-11(5-4-6-14(15)27-18)19-16(22)10-7-8-13(26-3)12(9-10)21(24)25/h4-9H,1-3H3,(H,19,22)(H,20,23). The number of carbonyl (C=O) groups is 2. The van der Waals surface area contributed by atoms with Crippen LogP contribution in [-0.2, 0) is 4.79 Å². The van der Waals surface area contributed by atoms with Gasteiger partial charge in [-0.15, -0.1) is 0 Å². The van der Waals surface area contributed by atoms with E-state index in [1.807, 2.05) is 0 Å². The number of methoxy groups -OCH3 is 1. The number of para-hydroxylation sites is 1. The Morgan fingerprint density at radius 1 is 1.30 bits per heavy atom. The van der Waals surface area contributed by atoms with Crippen LogP contribution in [0.4, 0.5) is 17.1 Å². The average molecular weight is 371 g/mol. The molecule has 0 saturated heterocycles. The third-order valence-electron chi connectivity index (χ3n) is 4.06. The third kappa shape index (κ3) is 3.39. The van der Waals surface area contributed by atoms with Gasteiger partial charge < -0.3 is 20.1 Å². The summed E-state index contributed by atoms with van der Waals surface area (Å²) in [6, 6.07) is 8.82. The zero-order chi connectivity index (χ0) is 19.8. The molecule has 0 unspecified atom stereocenters. The fourth-order valence-electron chi connectivity index (χ4n) is 2.60. The van der Waals surface area contributed by atoms with Gasteiger partial charge in [-0.25, -0.2) is 0 Å². The summed E-state index contributed by atoms with van der Waals surface area (Å²) < 4.78 is 10.6. The second-order valence-electron chi connectivity index (χ2n) is 6.34. The van der Waals surface area contributed by atoms with Crippen LogP contribution < -0.4 is 20.1 Å². The SMILES string of the molecule is COc1ccc(C(=O)Nc2cccc3c2NC(=O)C(C)(C)O3)cc1[N+](=O)[O-]. The van der Waals surface area contributed by atoms with Gasteiger partial charge in [-0.2, -0.15) is 0 Å². The van der Waals surface area contributed by atoms with Gasteiger partial charge in [0.2, 0.25) is 0 Å². The van der Waals surface area contributed by atoms with E-state index in [2.05, 4.69) is 10.6 Å². The molecule has 1 heterocycles. The highest BCUT2D eigenvalue weighted by Gasteiger charge is 2.36. The smallest absolute Gasteiger partial charge is 0.311 e. The Balaban J connectivity index is 1.91. The summed E-state index contributed by atoms with van der Waals surface area (Å²) in [5, 5.41) is 16.5. The van der Waals surface area contributed by atoms with Crippen molar-refractivity contribution in [2.45, 2.75) is 19.4 Å². The second kappa shape index (κ2) is 6.60. The van der Waals surface area contributed by atoms with Crippen molar-refractivity contribution in [2.24, 2.45) is 0 Å². The molecule has 0 spiro atoms. The molecule has 1 aliphatic heterocycles. The van der Waals surface area contributed by atoms with Gasteiger partial charge in [0.1, 0.15) is 11.4 Å². The van der Waals surface area contributed by atoms with Crippen molar-refractivity contribution in [3.63, 3.8) is 0 Å². The first-order chi connectivity index (χ1) is 12.7. The van der Waals surface area contributed by atoms with Gasteiger partial charge in [0.05, 0.1) is 17.7 Å². The van der Waals surface area contributed by atoms with Gasteiger partial charge in [-0.1, -0.05) is 6.07 Å². The van der Waals surface area contributed by atoms with Gasteiger partial charge in [0.25, 0.3) is 11.8 Å². The molecule has 2 aromatic carbocycles. The van der Waals surface area contributed by atoms with Crippen molar-refractivity contribution in [3.05, 3.63) is 52.1 Å². The molecule has 9 heteroatoms. The molecule has 3 rings (SSSR count). The highest BCUT2D eigenvalue weighted by molar-refractivity contribution is 6.10. The monoisotopic (exact) mass is 371 g/mol. The van der Waals surface area contributed by atoms with E-state index in [1.165, 1.54) is 19.2 Å².